The quantitative estimate of drug-likeness (QED) is 0.930. The van der Waals surface area contributed by atoms with Crippen molar-refractivity contribution in [3.63, 3.8) is 0 Å². The fraction of sp³-hybridized carbons (Fsp3) is 0.429. The summed E-state index contributed by atoms with van der Waals surface area (Å²) in [5.41, 5.74) is 0.854. The smallest absolute Gasteiger partial charge is 0.247 e. The summed E-state index contributed by atoms with van der Waals surface area (Å²) < 4.78 is 5.64. The number of hydrogen-bond donors (Lipinski definition) is 1. The van der Waals surface area contributed by atoms with E-state index in [0.717, 1.165) is 5.56 Å². The van der Waals surface area contributed by atoms with Gasteiger partial charge in [-0.05, 0) is 31.0 Å². The zero-order valence-electron chi connectivity index (χ0n) is 10.6. The van der Waals surface area contributed by atoms with Crippen LogP contribution in [0.25, 0.3) is 11.5 Å². The zero-order chi connectivity index (χ0) is 13.1. The normalized spacial score (nSPS) is 16.1. The Morgan fingerprint density at radius 3 is 2.89 bits per heavy atom. The van der Waals surface area contributed by atoms with Crippen molar-refractivity contribution in [2.75, 3.05) is 0 Å². The van der Waals surface area contributed by atoms with Crippen LogP contribution in [0, 0.1) is 0 Å². The van der Waals surface area contributed by atoms with E-state index in [1.165, 1.54) is 25.7 Å². The number of nitrogens with one attached hydrogen (secondary N) is 1. The lowest BCUT2D eigenvalue weighted by atomic mass is 10.2. The number of benzene rings is 1. The fourth-order valence-corrected chi connectivity index (χ4v) is 2.62. The Balaban J connectivity index is 1.65. The summed E-state index contributed by atoms with van der Waals surface area (Å²) in [4.78, 5) is 0. The van der Waals surface area contributed by atoms with Crippen molar-refractivity contribution in [2.45, 2.75) is 38.3 Å². The highest BCUT2D eigenvalue weighted by Gasteiger charge is 2.15. The van der Waals surface area contributed by atoms with Crippen molar-refractivity contribution in [3.8, 4) is 11.5 Å². The molecule has 5 heteroatoms. The fourth-order valence-electron chi connectivity index (χ4n) is 2.42. The van der Waals surface area contributed by atoms with Gasteiger partial charge in [0.15, 0.2) is 0 Å². The molecular formula is C14H16ClN3O. The highest BCUT2D eigenvalue weighted by Crippen LogP contribution is 2.22. The molecule has 1 aromatic carbocycles. The maximum atomic E-state index is 5.95. The van der Waals surface area contributed by atoms with Crippen molar-refractivity contribution in [2.24, 2.45) is 0 Å². The molecular weight excluding hydrogens is 262 g/mol. The third kappa shape index (κ3) is 3.14. The maximum absolute atomic E-state index is 5.95. The van der Waals surface area contributed by atoms with Crippen LogP contribution in [-0.2, 0) is 6.54 Å². The predicted molar refractivity (Wildman–Crippen MR) is 73.8 cm³/mol. The summed E-state index contributed by atoms with van der Waals surface area (Å²) in [6.45, 7) is 0.637. The third-order valence-electron chi connectivity index (χ3n) is 3.44. The number of aromatic nitrogens is 2. The molecule has 1 fully saturated rings. The Morgan fingerprint density at radius 2 is 2.11 bits per heavy atom. The molecule has 1 aliphatic carbocycles. The second-order valence-corrected chi connectivity index (χ2v) is 5.31. The van der Waals surface area contributed by atoms with Crippen molar-refractivity contribution in [1.29, 1.82) is 0 Å². The molecule has 0 bridgehead atoms. The van der Waals surface area contributed by atoms with Gasteiger partial charge in [0.25, 0.3) is 0 Å². The highest BCUT2D eigenvalue weighted by atomic mass is 35.5. The summed E-state index contributed by atoms with van der Waals surface area (Å²) in [6.07, 6.45) is 5.12. The highest BCUT2D eigenvalue weighted by molar-refractivity contribution is 6.30. The molecule has 19 heavy (non-hydrogen) atoms. The molecule has 0 atom stereocenters. The van der Waals surface area contributed by atoms with Gasteiger partial charge in [-0.3, -0.25) is 0 Å². The molecule has 1 aromatic heterocycles. The van der Waals surface area contributed by atoms with E-state index in [2.05, 4.69) is 15.5 Å². The summed E-state index contributed by atoms with van der Waals surface area (Å²) in [5.74, 6) is 1.15. The van der Waals surface area contributed by atoms with E-state index in [-0.39, 0.29) is 0 Å². The first-order valence-corrected chi connectivity index (χ1v) is 7.01. The lowest BCUT2D eigenvalue weighted by molar-refractivity contribution is 0.440. The summed E-state index contributed by atoms with van der Waals surface area (Å²) in [5, 5.41) is 12.2. The van der Waals surface area contributed by atoms with Gasteiger partial charge >= 0.3 is 0 Å². The molecule has 1 heterocycles. The second kappa shape index (κ2) is 5.72. The second-order valence-electron chi connectivity index (χ2n) is 4.87. The Morgan fingerprint density at radius 1 is 1.26 bits per heavy atom. The largest absolute Gasteiger partial charge is 0.419 e. The first kappa shape index (κ1) is 12.6. The lowest BCUT2D eigenvalue weighted by Gasteiger charge is -2.08. The van der Waals surface area contributed by atoms with Gasteiger partial charge in [0.1, 0.15) is 0 Å². The molecule has 1 aliphatic rings. The molecule has 0 saturated heterocycles. The molecule has 100 valence electrons. The van der Waals surface area contributed by atoms with Crippen LogP contribution in [0.15, 0.2) is 28.7 Å². The molecule has 0 aliphatic heterocycles. The van der Waals surface area contributed by atoms with Gasteiger partial charge in [-0.2, -0.15) is 0 Å². The monoisotopic (exact) mass is 277 g/mol. The van der Waals surface area contributed by atoms with Crippen molar-refractivity contribution >= 4 is 11.6 Å². The van der Waals surface area contributed by atoms with Gasteiger partial charge < -0.3 is 9.73 Å². The number of nitrogens with zero attached hydrogens (tertiary/aromatic N) is 2. The number of halogens is 1. The molecule has 2 aromatic rings. The van der Waals surface area contributed by atoms with Gasteiger partial charge in [0.05, 0.1) is 6.54 Å². The Kier molecular flexibility index (Phi) is 3.80. The molecule has 4 nitrogen and oxygen atoms in total. The van der Waals surface area contributed by atoms with Crippen LogP contribution in [0.1, 0.15) is 31.6 Å². The predicted octanol–water partition coefficient (Wildman–Crippen LogP) is 3.42. The van der Waals surface area contributed by atoms with Gasteiger partial charge in [0, 0.05) is 16.6 Å². The Labute approximate surface area is 117 Å². The van der Waals surface area contributed by atoms with E-state index in [4.69, 9.17) is 16.0 Å². The summed E-state index contributed by atoms with van der Waals surface area (Å²) >= 11 is 5.95. The van der Waals surface area contributed by atoms with E-state index < -0.39 is 0 Å². The third-order valence-corrected chi connectivity index (χ3v) is 3.67. The molecule has 0 amide bonds. The van der Waals surface area contributed by atoms with E-state index in [9.17, 15) is 0 Å². The van der Waals surface area contributed by atoms with Crippen molar-refractivity contribution in [3.05, 3.63) is 35.2 Å². The SMILES string of the molecule is Clc1cccc(-c2nnc(CNC3CCCC3)o2)c1. The van der Waals surface area contributed by atoms with Crippen LogP contribution in [0.3, 0.4) is 0 Å². The first-order chi connectivity index (χ1) is 9.31. The molecule has 1 N–H and O–H groups in total. The Bertz CT molecular complexity index is 549. The minimum atomic E-state index is 0.519. The van der Waals surface area contributed by atoms with Crippen molar-refractivity contribution < 1.29 is 4.42 Å². The van der Waals surface area contributed by atoms with Crippen LogP contribution in [0.5, 0.6) is 0 Å². The van der Waals surface area contributed by atoms with Crippen LogP contribution >= 0.6 is 11.6 Å². The van der Waals surface area contributed by atoms with Gasteiger partial charge in [-0.15, -0.1) is 10.2 Å². The van der Waals surface area contributed by atoms with Gasteiger partial charge in [0.2, 0.25) is 11.8 Å². The van der Waals surface area contributed by atoms with E-state index in [1.54, 1.807) is 0 Å². The molecule has 0 radical (unpaired) electrons. The number of hydrogen-bond acceptors (Lipinski definition) is 4. The van der Waals surface area contributed by atoms with Crippen LogP contribution in [0.2, 0.25) is 5.02 Å². The van der Waals surface area contributed by atoms with Crippen LogP contribution < -0.4 is 5.32 Å². The van der Waals surface area contributed by atoms with Crippen molar-refractivity contribution in [1.82, 2.24) is 15.5 Å². The number of rotatable bonds is 4. The van der Waals surface area contributed by atoms with Crippen LogP contribution in [-0.4, -0.2) is 16.2 Å². The maximum Gasteiger partial charge on any atom is 0.247 e. The summed E-state index contributed by atoms with van der Waals surface area (Å²) in [6, 6.07) is 8.03. The average Bonchev–Trinajstić information content (AvgIpc) is 3.08. The topological polar surface area (TPSA) is 51.0 Å². The molecule has 3 rings (SSSR count). The molecule has 0 unspecified atom stereocenters. The molecule has 1 saturated carbocycles. The van der Waals surface area contributed by atoms with E-state index >= 15 is 0 Å². The minimum Gasteiger partial charge on any atom is -0.419 e. The van der Waals surface area contributed by atoms with E-state index in [1.807, 2.05) is 24.3 Å². The summed E-state index contributed by atoms with van der Waals surface area (Å²) in [7, 11) is 0. The molecule has 0 spiro atoms. The Hall–Kier alpha value is -1.39. The minimum absolute atomic E-state index is 0.519. The standard InChI is InChI=1S/C14H16ClN3O/c15-11-5-3-4-10(8-11)14-18-17-13(19-14)9-16-12-6-1-2-7-12/h3-5,8,12,16H,1-2,6-7,9H2. The lowest BCUT2D eigenvalue weighted by Crippen LogP contribution is -2.25. The van der Waals surface area contributed by atoms with Gasteiger partial charge in [-0.1, -0.05) is 30.5 Å². The zero-order valence-corrected chi connectivity index (χ0v) is 11.4. The van der Waals surface area contributed by atoms with Gasteiger partial charge in [-0.25, -0.2) is 0 Å². The average molecular weight is 278 g/mol. The van der Waals surface area contributed by atoms with Crippen LogP contribution in [0.4, 0.5) is 0 Å². The first-order valence-electron chi connectivity index (χ1n) is 6.63. The van der Waals surface area contributed by atoms with E-state index in [0.29, 0.717) is 29.4 Å².